The fourth-order valence-electron chi connectivity index (χ4n) is 1.61. The van der Waals surface area contributed by atoms with Crippen LogP contribution in [0.15, 0.2) is 48.5 Å². The van der Waals surface area contributed by atoms with Gasteiger partial charge in [0.1, 0.15) is 24.4 Å². The molecule has 0 amide bonds. The first-order chi connectivity index (χ1) is 8.83. The van der Waals surface area contributed by atoms with Crippen molar-refractivity contribution in [2.75, 3.05) is 7.11 Å². The first-order valence-electron chi connectivity index (χ1n) is 5.63. The molecule has 2 rings (SSSR count). The number of rotatable bonds is 5. The molecule has 2 aromatic rings. The van der Waals surface area contributed by atoms with Crippen LogP contribution in [0.3, 0.4) is 0 Å². The van der Waals surface area contributed by atoms with Crippen LogP contribution >= 0.6 is 0 Å². The van der Waals surface area contributed by atoms with E-state index in [0.29, 0.717) is 12.2 Å². The van der Waals surface area contributed by atoms with Crippen molar-refractivity contribution in [3.8, 4) is 11.5 Å². The van der Waals surface area contributed by atoms with E-state index in [2.05, 4.69) is 0 Å². The topological polar surface area (TPSA) is 35.5 Å². The van der Waals surface area contributed by atoms with Crippen molar-refractivity contribution in [1.82, 2.24) is 0 Å². The fraction of sp³-hybridized carbons (Fsp3) is 0.133. The number of ether oxygens (including phenoxy) is 2. The standard InChI is InChI=1S/C15H14O3/c1-17-14-6-8-15(9-7-14)18-11-13-5-3-2-4-12(13)10-16/h2-10H,11H2,1H3. The molecule has 0 radical (unpaired) electrons. The third kappa shape index (κ3) is 2.88. The van der Waals surface area contributed by atoms with Crippen LogP contribution in [0.2, 0.25) is 0 Å². The van der Waals surface area contributed by atoms with Crippen molar-refractivity contribution in [2.24, 2.45) is 0 Å². The molecule has 0 bridgehead atoms. The Balaban J connectivity index is 2.04. The highest BCUT2D eigenvalue weighted by Crippen LogP contribution is 2.18. The van der Waals surface area contributed by atoms with Gasteiger partial charge in [-0.3, -0.25) is 4.79 Å². The first kappa shape index (κ1) is 12.2. The van der Waals surface area contributed by atoms with E-state index in [9.17, 15) is 4.79 Å². The summed E-state index contributed by atoms with van der Waals surface area (Å²) in [6, 6.07) is 14.7. The van der Waals surface area contributed by atoms with E-state index in [1.54, 1.807) is 13.2 Å². The lowest BCUT2D eigenvalue weighted by molar-refractivity contribution is 0.112. The van der Waals surface area contributed by atoms with Gasteiger partial charge in [0.2, 0.25) is 0 Å². The zero-order valence-corrected chi connectivity index (χ0v) is 10.1. The molecule has 3 heteroatoms. The molecule has 0 aliphatic heterocycles. The van der Waals surface area contributed by atoms with Crippen LogP contribution in [0.5, 0.6) is 11.5 Å². The van der Waals surface area contributed by atoms with Gasteiger partial charge in [-0.25, -0.2) is 0 Å². The molecule has 3 nitrogen and oxygen atoms in total. The average molecular weight is 242 g/mol. The molecular weight excluding hydrogens is 228 g/mol. The lowest BCUT2D eigenvalue weighted by atomic mass is 10.1. The summed E-state index contributed by atoms with van der Waals surface area (Å²) in [5.74, 6) is 1.53. The van der Waals surface area contributed by atoms with Gasteiger partial charge in [0, 0.05) is 5.56 Å². The summed E-state index contributed by atoms with van der Waals surface area (Å²) < 4.78 is 10.7. The number of hydrogen-bond donors (Lipinski definition) is 0. The number of carbonyl (C=O) groups excluding carboxylic acids is 1. The molecule has 0 unspecified atom stereocenters. The van der Waals surface area contributed by atoms with Crippen molar-refractivity contribution < 1.29 is 14.3 Å². The number of carbonyl (C=O) groups is 1. The van der Waals surface area contributed by atoms with E-state index in [0.717, 1.165) is 23.3 Å². The van der Waals surface area contributed by atoms with Gasteiger partial charge in [-0.2, -0.15) is 0 Å². The minimum absolute atomic E-state index is 0.376. The van der Waals surface area contributed by atoms with E-state index in [-0.39, 0.29) is 0 Å². The van der Waals surface area contributed by atoms with E-state index in [1.807, 2.05) is 42.5 Å². The molecule has 0 saturated carbocycles. The van der Waals surface area contributed by atoms with Gasteiger partial charge in [-0.1, -0.05) is 24.3 Å². The number of hydrogen-bond acceptors (Lipinski definition) is 3. The maximum Gasteiger partial charge on any atom is 0.150 e. The molecule has 0 aliphatic carbocycles. The highest BCUT2D eigenvalue weighted by atomic mass is 16.5. The van der Waals surface area contributed by atoms with Gasteiger partial charge in [-0.05, 0) is 29.8 Å². The number of aldehydes is 1. The molecule has 2 aromatic carbocycles. The molecular formula is C15H14O3. The highest BCUT2D eigenvalue weighted by molar-refractivity contribution is 5.77. The Morgan fingerprint density at radius 3 is 2.33 bits per heavy atom. The van der Waals surface area contributed by atoms with Gasteiger partial charge in [0.05, 0.1) is 7.11 Å². The molecule has 0 aliphatic rings. The monoisotopic (exact) mass is 242 g/mol. The Morgan fingerprint density at radius 2 is 1.67 bits per heavy atom. The van der Waals surface area contributed by atoms with E-state index in [4.69, 9.17) is 9.47 Å². The van der Waals surface area contributed by atoms with Gasteiger partial charge in [0.15, 0.2) is 0 Å². The Morgan fingerprint density at radius 1 is 1.00 bits per heavy atom. The average Bonchev–Trinajstić information content (AvgIpc) is 2.46. The predicted molar refractivity (Wildman–Crippen MR) is 69.2 cm³/mol. The maximum absolute atomic E-state index is 10.9. The van der Waals surface area contributed by atoms with E-state index >= 15 is 0 Å². The van der Waals surface area contributed by atoms with Crippen LogP contribution in [0.1, 0.15) is 15.9 Å². The molecule has 0 atom stereocenters. The maximum atomic E-state index is 10.9. The Hall–Kier alpha value is -2.29. The van der Waals surface area contributed by atoms with Crippen LogP contribution in [0.25, 0.3) is 0 Å². The Bertz CT molecular complexity index is 518. The van der Waals surface area contributed by atoms with Crippen LogP contribution in [-0.4, -0.2) is 13.4 Å². The van der Waals surface area contributed by atoms with Gasteiger partial charge >= 0.3 is 0 Å². The third-order valence-corrected chi connectivity index (χ3v) is 2.64. The second kappa shape index (κ2) is 5.87. The normalized spacial score (nSPS) is 9.83. The quantitative estimate of drug-likeness (QED) is 0.756. The number of methoxy groups -OCH3 is 1. The minimum Gasteiger partial charge on any atom is -0.497 e. The summed E-state index contributed by atoms with van der Waals surface area (Å²) in [7, 11) is 1.62. The van der Waals surface area contributed by atoms with Crippen LogP contribution in [0, 0.1) is 0 Å². The van der Waals surface area contributed by atoms with Gasteiger partial charge in [0.25, 0.3) is 0 Å². The second-order valence-corrected chi connectivity index (χ2v) is 3.78. The molecule has 0 N–H and O–H groups in total. The largest absolute Gasteiger partial charge is 0.497 e. The Kier molecular flexibility index (Phi) is 3.97. The summed E-state index contributed by atoms with van der Waals surface area (Å²) in [6.45, 7) is 0.376. The van der Waals surface area contributed by atoms with Crippen molar-refractivity contribution in [3.05, 3.63) is 59.7 Å². The van der Waals surface area contributed by atoms with E-state index < -0.39 is 0 Å². The van der Waals surface area contributed by atoms with Crippen LogP contribution in [0.4, 0.5) is 0 Å². The van der Waals surface area contributed by atoms with Crippen LogP contribution < -0.4 is 9.47 Å². The SMILES string of the molecule is COc1ccc(OCc2ccccc2C=O)cc1. The predicted octanol–water partition coefficient (Wildman–Crippen LogP) is 3.09. The summed E-state index contributed by atoms with van der Waals surface area (Å²) in [5, 5.41) is 0. The summed E-state index contributed by atoms with van der Waals surface area (Å²) >= 11 is 0. The van der Waals surface area contributed by atoms with Gasteiger partial charge < -0.3 is 9.47 Å². The second-order valence-electron chi connectivity index (χ2n) is 3.78. The molecule has 92 valence electrons. The molecule has 0 saturated heterocycles. The van der Waals surface area contributed by atoms with Crippen molar-refractivity contribution in [2.45, 2.75) is 6.61 Å². The van der Waals surface area contributed by atoms with Gasteiger partial charge in [-0.15, -0.1) is 0 Å². The van der Waals surface area contributed by atoms with Crippen molar-refractivity contribution >= 4 is 6.29 Å². The van der Waals surface area contributed by atoms with E-state index in [1.165, 1.54) is 0 Å². The summed E-state index contributed by atoms with van der Waals surface area (Å²) in [4.78, 5) is 10.9. The molecule has 0 heterocycles. The molecule has 18 heavy (non-hydrogen) atoms. The Labute approximate surface area is 106 Å². The number of benzene rings is 2. The zero-order chi connectivity index (χ0) is 12.8. The van der Waals surface area contributed by atoms with Crippen molar-refractivity contribution in [1.29, 1.82) is 0 Å². The molecule has 0 aromatic heterocycles. The lowest BCUT2D eigenvalue weighted by Gasteiger charge is -2.08. The smallest absolute Gasteiger partial charge is 0.150 e. The fourth-order valence-corrected chi connectivity index (χ4v) is 1.61. The third-order valence-electron chi connectivity index (χ3n) is 2.64. The van der Waals surface area contributed by atoms with Crippen molar-refractivity contribution in [3.63, 3.8) is 0 Å². The molecule has 0 spiro atoms. The summed E-state index contributed by atoms with van der Waals surface area (Å²) in [5.41, 5.74) is 1.54. The first-order valence-corrected chi connectivity index (χ1v) is 5.63. The highest BCUT2D eigenvalue weighted by Gasteiger charge is 2.01. The molecule has 0 fully saturated rings. The summed E-state index contributed by atoms with van der Waals surface area (Å²) in [6.07, 6.45) is 0.840. The minimum atomic E-state index is 0.376. The lowest BCUT2D eigenvalue weighted by Crippen LogP contribution is -1.99. The van der Waals surface area contributed by atoms with Crippen LogP contribution in [-0.2, 0) is 6.61 Å². The zero-order valence-electron chi connectivity index (χ0n) is 10.1.